The van der Waals surface area contributed by atoms with Crippen LogP contribution in [-0.4, -0.2) is 17.5 Å². The van der Waals surface area contributed by atoms with Crippen LogP contribution in [-0.2, 0) is 19.5 Å². The molecule has 3 rings (SSSR count). The fraction of sp³-hybridized carbons (Fsp3) is 0.294. The summed E-state index contributed by atoms with van der Waals surface area (Å²) in [6.45, 7) is 3.04. The second kappa shape index (κ2) is 5.55. The standard InChI is InChI=1S/C17H20N2/c18-17(10-14-6-2-1-3-7-14)13-19-11-15-8-4-5-9-16(15)12-19/h1-9,17H,10-13,18H2. The van der Waals surface area contributed by atoms with Gasteiger partial charge in [0.2, 0.25) is 0 Å². The van der Waals surface area contributed by atoms with Crippen molar-refractivity contribution >= 4 is 0 Å². The van der Waals surface area contributed by atoms with Gasteiger partial charge >= 0.3 is 0 Å². The van der Waals surface area contributed by atoms with Gasteiger partial charge in [0.05, 0.1) is 0 Å². The van der Waals surface area contributed by atoms with Crippen molar-refractivity contribution in [1.29, 1.82) is 0 Å². The van der Waals surface area contributed by atoms with E-state index in [9.17, 15) is 0 Å². The molecule has 98 valence electrons. The Morgan fingerprint density at radius 2 is 1.47 bits per heavy atom. The first kappa shape index (κ1) is 12.4. The summed E-state index contributed by atoms with van der Waals surface area (Å²) in [4.78, 5) is 2.44. The third kappa shape index (κ3) is 3.03. The number of nitrogens with zero attached hydrogens (tertiary/aromatic N) is 1. The Kier molecular flexibility index (Phi) is 3.62. The van der Waals surface area contributed by atoms with Crippen molar-refractivity contribution < 1.29 is 0 Å². The predicted octanol–water partition coefficient (Wildman–Crippen LogP) is 2.57. The van der Waals surface area contributed by atoms with Gasteiger partial charge < -0.3 is 5.73 Å². The van der Waals surface area contributed by atoms with Crippen LogP contribution in [0.25, 0.3) is 0 Å². The van der Waals surface area contributed by atoms with Crippen LogP contribution in [0.4, 0.5) is 0 Å². The zero-order valence-corrected chi connectivity index (χ0v) is 11.1. The van der Waals surface area contributed by atoms with Crippen molar-refractivity contribution in [1.82, 2.24) is 4.90 Å². The first-order valence-corrected chi connectivity index (χ1v) is 6.90. The van der Waals surface area contributed by atoms with Crippen molar-refractivity contribution in [2.75, 3.05) is 6.54 Å². The van der Waals surface area contributed by atoms with Gasteiger partial charge in [0, 0.05) is 25.7 Å². The van der Waals surface area contributed by atoms with Gasteiger partial charge in [-0.15, -0.1) is 0 Å². The van der Waals surface area contributed by atoms with Gasteiger partial charge in [-0.3, -0.25) is 4.90 Å². The first-order chi connectivity index (χ1) is 9.31. The Morgan fingerprint density at radius 1 is 0.895 bits per heavy atom. The summed E-state index contributed by atoms with van der Waals surface area (Å²) in [5.41, 5.74) is 10.5. The second-order valence-corrected chi connectivity index (χ2v) is 5.39. The van der Waals surface area contributed by atoms with Crippen LogP contribution in [0.3, 0.4) is 0 Å². The van der Waals surface area contributed by atoms with Crippen LogP contribution in [0.1, 0.15) is 16.7 Å². The van der Waals surface area contributed by atoms with E-state index in [0.29, 0.717) is 0 Å². The van der Waals surface area contributed by atoms with Crippen LogP contribution < -0.4 is 5.73 Å². The van der Waals surface area contributed by atoms with E-state index in [4.69, 9.17) is 5.73 Å². The maximum atomic E-state index is 6.28. The number of fused-ring (bicyclic) bond motifs is 1. The van der Waals surface area contributed by atoms with E-state index in [0.717, 1.165) is 26.1 Å². The number of nitrogens with two attached hydrogens (primary N) is 1. The molecule has 2 aromatic carbocycles. The maximum absolute atomic E-state index is 6.28. The van der Waals surface area contributed by atoms with Crippen LogP contribution >= 0.6 is 0 Å². The molecule has 1 atom stereocenters. The third-order valence-electron chi connectivity index (χ3n) is 3.74. The topological polar surface area (TPSA) is 29.3 Å². The Hall–Kier alpha value is -1.64. The molecule has 1 aliphatic rings. The van der Waals surface area contributed by atoms with Crippen LogP contribution in [0.2, 0.25) is 0 Å². The molecule has 1 unspecified atom stereocenters. The number of hydrogen-bond acceptors (Lipinski definition) is 2. The summed E-state index contributed by atoms with van der Waals surface area (Å²) < 4.78 is 0. The van der Waals surface area contributed by atoms with E-state index in [1.807, 2.05) is 6.07 Å². The third-order valence-corrected chi connectivity index (χ3v) is 3.74. The van der Waals surface area contributed by atoms with E-state index < -0.39 is 0 Å². The van der Waals surface area contributed by atoms with Gasteiger partial charge in [-0.1, -0.05) is 54.6 Å². The van der Waals surface area contributed by atoms with Crippen molar-refractivity contribution in [2.45, 2.75) is 25.6 Å². The molecular weight excluding hydrogens is 232 g/mol. The molecule has 2 N–H and O–H groups in total. The highest BCUT2D eigenvalue weighted by molar-refractivity contribution is 5.30. The molecule has 0 amide bonds. The minimum absolute atomic E-state index is 0.205. The minimum atomic E-state index is 0.205. The van der Waals surface area contributed by atoms with Crippen molar-refractivity contribution in [3.05, 3.63) is 71.3 Å². The molecule has 0 fully saturated rings. The molecule has 2 nitrogen and oxygen atoms in total. The fourth-order valence-electron chi connectivity index (χ4n) is 2.85. The molecule has 0 aliphatic carbocycles. The lowest BCUT2D eigenvalue weighted by Crippen LogP contribution is -2.36. The van der Waals surface area contributed by atoms with Gasteiger partial charge in [0.15, 0.2) is 0 Å². The molecule has 19 heavy (non-hydrogen) atoms. The van der Waals surface area contributed by atoms with Crippen molar-refractivity contribution in [2.24, 2.45) is 5.73 Å². The van der Waals surface area contributed by atoms with Gasteiger partial charge in [0.1, 0.15) is 0 Å². The smallest absolute Gasteiger partial charge is 0.0241 e. The highest BCUT2D eigenvalue weighted by atomic mass is 15.1. The maximum Gasteiger partial charge on any atom is 0.0241 e. The molecule has 1 heterocycles. The lowest BCUT2D eigenvalue weighted by molar-refractivity contribution is 0.264. The van der Waals surface area contributed by atoms with Crippen molar-refractivity contribution in [3.8, 4) is 0 Å². The summed E-state index contributed by atoms with van der Waals surface area (Å²) in [6, 6.07) is 19.4. The predicted molar refractivity (Wildman–Crippen MR) is 78.7 cm³/mol. The quantitative estimate of drug-likeness (QED) is 0.906. The Labute approximate surface area is 114 Å². The molecule has 0 radical (unpaired) electrons. The first-order valence-electron chi connectivity index (χ1n) is 6.90. The molecule has 0 bridgehead atoms. The largest absolute Gasteiger partial charge is 0.326 e. The molecule has 1 aliphatic heterocycles. The summed E-state index contributed by atoms with van der Waals surface area (Å²) in [7, 11) is 0. The summed E-state index contributed by atoms with van der Waals surface area (Å²) in [5, 5.41) is 0. The lowest BCUT2D eigenvalue weighted by atomic mass is 10.1. The fourth-order valence-corrected chi connectivity index (χ4v) is 2.85. The van der Waals surface area contributed by atoms with Crippen LogP contribution in [0.5, 0.6) is 0 Å². The summed E-state index contributed by atoms with van der Waals surface area (Å²) in [5.74, 6) is 0. The SMILES string of the molecule is NC(Cc1ccccc1)CN1Cc2ccccc2C1. The van der Waals surface area contributed by atoms with E-state index in [2.05, 4.69) is 53.4 Å². The molecule has 2 heteroatoms. The second-order valence-electron chi connectivity index (χ2n) is 5.39. The zero-order valence-electron chi connectivity index (χ0n) is 11.1. The molecule has 0 saturated carbocycles. The Balaban J connectivity index is 1.56. The van der Waals surface area contributed by atoms with E-state index in [1.165, 1.54) is 16.7 Å². The minimum Gasteiger partial charge on any atom is -0.326 e. The molecule has 2 aromatic rings. The highest BCUT2D eigenvalue weighted by Gasteiger charge is 2.19. The highest BCUT2D eigenvalue weighted by Crippen LogP contribution is 2.22. The van der Waals surface area contributed by atoms with Gasteiger partial charge in [0.25, 0.3) is 0 Å². The van der Waals surface area contributed by atoms with Crippen LogP contribution in [0.15, 0.2) is 54.6 Å². The average molecular weight is 252 g/mol. The molecular formula is C17H20N2. The van der Waals surface area contributed by atoms with Gasteiger partial charge in [-0.05, 0) is 23.1 Å². The van der Waals surface area contributed by atoms with Gasteiger partial charge in [-0.2, -0.15) is 0 Å². The summed E-state index contributed by atoms with van der Waals surface area (Å²) in [6.07, 6.45) is 0.952. The summed E-state index contributed by atoms with van der Waals surface area (Å²) >= 11 is 0. The average Bonchev–Trinajstić information content (AvgIpc) is 2.81. The van der Waals surface area contributed by atoms with E-state index in [-0.39, 0.29) is 6.04 Å². The van der Waals surface area contributed by atoms with Gasteiger partial charge in [-0.25, -0.2) is 0 Å². The molecule has 0 saturated heterocycles. The Morgan fingerprint density at radius 3 is 2.11 bits per heavy atom. The van der Waals surface area contributed by atoms with E-state index in [1.54, 1.807) is 0 Å². The zero-order chi connectivity index (χ0) is 13.1. The monoisotopic (exact) mass is 252 g/mol. The Bertz CT molecular complexity index is 511. The number of hydrogen-bond donors (Lipinski definition) is 1. The number of benzene rings is 2. The number of rotatable bonds is 4. The molecule has 0 aromatic heterocycles. The van der Waals surface area contributed by atoms with E-state index >= 15 is 0 Å². The van der Waals surface area contributed by atoms with Crippen LogP contribution in [0, 0.1) is 0 Å². The van der Waals surface area contributed by atoms with Crippen molar-refractivity contribution in [3.63, 3.8) is 0 Å². The normalized spacial score (nSPS) is 16.3. The molecule has 0 spiro atoms. The lowest BCUT2D eigenvalue weighted by Gasteiger charge is -2.20.